The molecule has 170 valence electrons. The van der Waals surface area contributed by atoms with Crippen LogP contribution in [0.25, 0.3) is 0 Å². The number of rotatable bonds is 8. The summed E-state index contributed by atoms with van der Waals surface area (Å²) in [6, 6.07) is 10.3. The van der Waals surface area contributed by atoms with Gasteiger partial charge in [-0.25, -0.2) is 4.79 Å². The monoisotopic (exact) mass is 451 g/mol. The van der Waals surface area contributed by atoms with Crippen molar-refractivity contribution in [1.29, 1.82) is 0 Å². The van der Waals surface area contributed by atoms with Crippen LogP contribution in [0.1, 0.15) is 22.8 Å². The minimum Gasteiger partial charge on any atom is -0.462 e. The highest BCUT2D eigenvalue weighted by atomic mass is 19.4. The molecule has 11 heteroatoms. The highest BCUT2D eigenvalue weighted by Crippen LogP contribution is 2.30. The Morgan fingerprint density at radius 3 is 2.35 bits per heavy atom. The fourth-order valence-corrected chi connectivity index (χ4v) is 2.68. The van der Waals surface area contributed by atoms with Crippen molar-refractivity contribution < 1.29 is 45.7 Å². The zero-order valence-corrected chi connectivity index (χ0v) is 16.2. The summed E-state index contributed by atoms with van der Waals surface area (Å²) >= 11 is 0. The Kier molecular flexibility index (Phi) is 7.77. The molecule has 0 heterocycles. The fourth-order valence-electron chi connectivity index (χ4n) is 2.68. The molecule has 1 atom stereocenters. The maximum atomic E-state index is 12.9. The lowest BCUT2D eigenvalue weighted by molar-refractivity contribution is -0.274. The van der Waals surface area contributed by atoms with Crippen LogP contribution in [0.4, 0.5) is 32.0 Å². The topological polar surface area (TPSA) is 59.0 Å². The summed E-state index contributed by atoms with van der Waals surface area (Å²) in [4.78, 5) is 13.0. The Morgan fingerprint density at radius 2 is 1.74 bits per heavy atom. The summed E-state index contributed by atoms with van der Waals surface area (Å²) in [7, 11) is 0. The van der Waals surface area contributed by atoms with Crippen molar-refractivity contribution in [2.24, 2.45) is 0 Å². The lowest BCUT2D eigenvalue weighted by atomic mass is 10.1. The summed E-state index contributed by atoms with van der Waals surface area (Å²) in [6.07, 6.45) is -12.7. The number of aliphatic hydroxyl groups excluding tert-OH is 1. The molecule has 31 heavy (non-hydrogen) atoms. The van der Waals surface area contributed by atoms with Crippen molar-refractivity contribution in [2.75, 3.05) is 18.1 Å². The summed E-state index contributed by atoms with van der Waals surface area (Å²) in [5, 5.41) is 9.54. The Labute approximate surface area is 173 Å². The number of para-hydroxylation sites is 1. The van der Waals surface area contributed by atoms with E-state index in [2.05, 4.69) is 4.74 Å². The number of hydrogen-bond donors (Lipinski definition) is 1. The van der Waals surface area contributed by atoms with Crippen LogP contribution in [0.3, 0.4) is 0 Å². The number of esters is 1. The minimum atomic E-state index is -5.00. The number of benzene rings is 2. The molecule has 0 bridgehead atoms. The second-order valence-corrected chi connectivity index (χ2v) is 6.36. The average Bonchev–Trinajstić information content (AvgIpc) is 2.67. The molecule has 0 saturated carbocycles. The summed E-state index contributed by atoms with van der Waals surface area (Å²) in [6.45, 7) is 0.189. The number of alkyl halides is 6. The van der Waals surface area contributed by atoms with E-state index in [4.69, 9.17) is 4.74 Å². The van der Waals surface area contributed by atoms with Crippen molar-refractivity contribution in [2.45, 2.75) is 32.1 Å². The minimum absolute atomic E-state index is 0.0330. The van der Waals surface area contributed by atoms with E-state index in [1.807, 2.05) is 0 Å². The molecule has 0 aliphatic rings. The molecular formula is C20H19F6NO4. The third kappa shape index (κ3) is 7.35. The maximum absolute atomic E-state index is 12.9. The van der Waals surface area contributed by atoms with Gasteiger partial charge in [-0.1, -0.05) is 24.3 Å². The quantitative estimate of drug-likeness (QED) is 0.466. The second kappa shape index (κ2) is 9.90. The summed E-state index contributed by atoms with van der Waals surface area (Å²) in [5.41, 5.74) is 0.0251. The highest BCUT2D eigenvalue weighted by molar-refractivity contribution is 5.90. The van der Waals surface area contributed by atoms with E-state index < -0.39 is 43.5 Å². The molecule has 5 nitrogen and oxygen atoms in total. The first-order valence-electron chi connectivity index (χ1n) is 9.01. The Morgan fingerprint density at radius 1 is 1.06 bits per heavy atom. The Balaban J connectivity index is 2.42. The molecule has 2 aromatic rings. The molecule has 0 radical (unpaired) electrons. The lowest BCUT2D eigenvalue weighted by Crippen LogP contribution is -2.41. The van der Waals surface area contributed by atoms with Crippen molar-refractivity contribution in [3.8, 4) is 5.75 Å². The standard InChI is InChI=1S/C20H19F6NO4/c1-2-30-18(29)13-7-5-8-15(10-13)27(12-17(28)19(21,22)23)11-14-6-3-4-9-16(14)31-20(24,25)26/h3-10,17,28H,2,11-12H2,1H3. The van der Waals surface area contributed by atoms with Gasteiger partial charge in [-0.2, -0.15) is 13.2 Å². The maximum Gasteiger partial charge on any atom is 0.573 e. The predicted molar refractivity (Wildman–Crippen MR) is 98.6 cm³/mol. The molecule has 0 aromatic heterocycles. The molecule has 0 saturated heterocycles. The number of ether oxygens (including phenoxy) is 2. The van der Waals surface area contributed by atoms with E-state index >= 15 is 0 Å². The van der Waals surface area contributed by atoms with Gasteiger partial charge in [-0.05, 0) is 31.2 Å². The SMILES string of the molecule is CCOC(=O)c1cccc(N(Cc2ccccc2OC(F)(F)F)CC(O)C(F)(F)F)c1. The third-order valence-electron chi connectivity index (χ3n) is 4.05. The Bertz CT molecular complexity index is 884. The van der Waals surface area contributed by atoms with Gasteiger partial charge in [0.25, 0.3) is 0 Å². The smallest absolute Gasteiger partial charge is 0.462 e. The van der Waals surface area contributed by atoms with Crippen LogP contribution in [-0.2, 0) is 11.3 Å². The zero-order chi connectivity index (χ0) is 23.2. The van der Waals surface area contributed by atoms with E-state index in [1.54, 1.807) is 6.92 Å². The van der Waals surface area contributed by atoms with Crippen molar-refractivity contribution in [3.05, 3.63) is 59.7 Å². The van der Waals surface area contributed by atoms with Gasteiger partial charge in [0.2, 0.25) is 0 Å². The molecule has 0 amide bonds. The summed E-state index contributed by atoms with van der Waals surface area (Å²) < 4.78 is 85.7. The van der Waals surface area contributed by atoms with Crippen LogP contribution >= 0.6 is 0 Å². The number of carbonyl (C=O) groups is 1. The molecule has 0 aliphatic carbocycles. The normalized spacial score (nSPS) is 12.9. The fraction of sp³-hybridized carbons (Fsp3) is 0.350. The van der Waals surface area contributed by atoms with E-state index in [-0.39, 0.29) is 23.4 Å². The largest absolute Gasteiger partial charge is 0.573 e. The lowest BCUT2D eigenvalue weighted by Gasteiger charge is -2.29. The summed E-state index contributed by atoms with van der Waals surface area (Å²) in [5.74, 6) is -1.32. The molecule has 2 aromatic carbocycles. The molecule has 0 fully saturated rings. The van der Waals surface area contributed by atoms with Crippen LogP contribution in [-0.4, -0.2) is 42.9 Å². The molecular weight excluding hydrogens is 432 g/mol. The number of nitrogens with zero attached hydrogens (tertiary/aromatic N) is 1. The van der Waals surface area contributed by atoms with Gasteiger partial charge in [0.1, 0.15) is 5.75 Å². The first-order valence-corrected chi connectivity index (χ1v) is 9.01. The van der Waals surface area contributed by atoms with E-state index in [1.165, 1.54) is 42.5 Å². The molecule has 1 unspecified atom stereocenters. The van der Waals surface area contributed by atoms with Crippen molar-refractivity contribution >= 4 is 11.7 Å². The number of hydrogen-bond acceptors (Lipinski definition) is 5. The van der Waals surface area contributed by atoms with Crippen LogP contribution in [0, 0.1) is 0 Å². The van der Waals surface area contributed by atoms with Gasteiger partial charge >= 0.3 is 18.5 Å². The van der Waals surface area contributed by atoms with Crippen LogP contribution in [0.5, 0.6) is 5.75 Å². The number of halogens is 6. The van der Waals surface area contributed by atoms with Gasteiger partial charge in [0.15, 0.2) is 6.10 Å². The van der Waals surface area contributed by atoms with Gasteiger partial charge in [0, 0.05) is 17.8 Å². The molecule has 2 rings (SSSR count). The third-order valence-corrected chi connectivity index (χ3v) is 4.05. The van der Waals surface area contributed by atoms with Crippen molar-refractivity contribution in [3.63, 3.8) is 0 Å². The van der Waals surface area contributed by atoms with Gasteiger partial charge in [-0.15, -0.1) is 13.2 Å². The predicted octanol–water partition coefficient (Wildman–Crippen LogP) is 4.69. The second-order valence-electron chi connectivity index (χ2n) is 6.36. The number of carbonyl (C=O) groups excluding carboxylic acids is 1. The van der Waals surface area contributed by atoms with E-state index in [0.717, 1.165) is 11.0 Å². The first-order chi connectivity index (χ1) is 14.4. The molecule has 0 spiro atoms. The van der Waals surface area contributed by atoms with E-state index in [9.17, 15) is 36.2 Å². The van der Waals surface area contributed by atoms with E-state index in [0.29, 0.717) is 0 Å². The van der Waals surface area contributed by atoms with Gasteiger partial charge in [-0.3, -0.25) is 0 Å². The van der Waals surface area contributed by atoms with Crippen molar-refractivity contribution in [1.82, 2.24) is 0 Å². The van der Waals surface area contributed by atoms with Gasteiger partial charge in [0.05, 0.1) is 18.7 Å². The van der Waals surface area contributed by atoms with Crippen LogP contribution < -0.4 is 9.64 Å². The van der Waals surface area contributed by atoms with Gasteiger partial charge < -0.3 is 19.5 Å². The molecule has 1 N–H and O–H groups in total. The average molecular weight is 451 g/mol. The molecule has 0 aliphatic heterocycles. The first kappa shape index (κ1) is 24.3. The number of aliphatic hydroxyl groups is 1. The van der Waals surface area contributed by atoms with Crippen LogP contribution in [0.15, 0.2) is 48.5 Å². The Hall–Kier alpha value is -2.95. The highest BCUT2D eigenvalue weighted by Gasteiger charge is 2.39. The number of anilines is 1. The zero-order valence-electron chi connectivity index (χ0n) is 16.2. The van der Waals surface area contributed by atoms with Crippen LogP contribution in [0.2, 0.25) is 0 Å².